The van der Waals surface area contributed by atoms with E-state index in [0.717, 1.165) is 30.4 Å². The van der Waals surface area contributed by atoms with E-state index >= 15 is 0 Å². The first-order valence-electron chi connectivity index (χ1n) is 8.85. The molecule has 1 aromatic rings. The van der Waals surface area contributed by atoms with Gasteiger partial charge in [-0.05, 0) is 30.4 Å². The summed E-state index contributed by atoms with van der Waals surface area (Å²) in [6.45, 7) is 0.585. The van der Waals surface area contributed by atoms with E-state index in [4.69, 9.17) is 5.73 Å². The summed E-state index contributed by atoms with van der Waals surface area (Å²) in [5, 5.41) is 12.4. The van der Waals surface area contributed by atoms with E-state index in [-0.39, 0.29) is 12.5 Å². The van der Waals surface area contributed by atoms with Gasteiger partial charge in [-0.2, -0.15) is 5.26 Å². The number of rotatable bonds is 4. The minimum Gasteiger partial charge on any atom is -0.368 e. The molecule has 2 aliphatic rings. The minimum atomic E-state index is -0.759. The van der Waals surface area contributed by atoms with E-state index in [2.05, 4.69) is 11.4 Å². The van der Waals surface area contributed by atoms with Crippen molar-refractivity contribution in [1.29, 1.82) is 5.26 Å². The highest BCUT2D eigenvalue weighted by Crippen LogP contribution is 2.28. The maximum absolute atomic E-state index is 12.6. The number of carbonyl (C=O) groups is 2. The molecule has 2 amide bonds. The van der Waals surface area contributed by atoms with Gasteiger partial charge in [0.15, 0.2) is 0 Å². The second kappa shape index (κ2) is 7.24. The lowest BCUT2D eigenvalue weighted by atomic mass is 9.83. The van der Waals surface area contributed by atoms with Crippen LogP contribution in [0.3, 0.4) is 0 Å². The van der Waals surface area contributed by atoms with E-state index < -0.39 is 17.5 Å². The summed E-state index contributed by atoms with van der Waals surface area (Å²) in [5.41, 5.74) is 7.02. The fourth-order valence-electron chi connectivity index (χ4n) is 3.93. The molecule has 25 heavy (non-hydrogen) atoms. The van der Waals surface area contributed by atoms with Crippen LogP contribution in [-0.4, -0.2) is 34.8 Å². The molecule has 0 radical (unpaired) electrons. The molecule has 1 aliphatic heterocycles. The number of nitrogens with two attached hydrogens (primary N) is 1. The number of primary amides is 1. The molecule has 1 aromatic carbocycles. The number of amides is 2. The van der Waals surface area contributed by atoms with Gasteiger partial charge in [0.05, 0.1) is 18.7 Å². The van der Waals surface area contributed by atoms with Crippen LogP contribution in [0.2, 0.25) is 0 Å². The lowest BCUT2D eigenvalue weighted by Crippen LogP contribution is -2.55. The van der Waals surface area contributed by atoms with E-state index in [1.54, 1.807) is 0 Å². The molecule has 1 fully saturated rings. The molecule has 0 saturated heterocycles. The maximum atomic E-state index is 12.6. The molecule has 6 nitrogen and oxygen atoms in total. The van der Waals surface area contributed by atoms with Crippen molar-refractivity contribution >= 4 is 11.8 Å². The first-order chi connectivity index (χ1) is 12.0. The van der Waals surface area contributed by atoms with E-state index in [1.165, 1.54) is 0 Å². The van der Waals surface area contributed by atoms with Crippen molar-refractivity contribution in [2.45, 2.75) is 56.7 Å². The lowest BCUT2D eigenvalue weighted by molar-refractivity contribution is -0.128. The monoisotopic (exact) mass is 340 g/mol. The van der Waals surface area contributed by atoms with Crippen LogP contribution in [0.4, 0.5) is 0 Å². The zero-order chi connectivity index (χ0) is 17.9. The van der Waals surface area contributed by atoms with Gasteiger partial charge < -0.3 is 11.1 Å². The molecule has 1 atom stereocenters. The van der Waals surface area contributed by atoms with Gasteiger partial charge in [-0.1, -0.05) is 43.5 Å². The minimum absolute atomic E-state index is 0.0748. The highest BCUT2D eigenvalue weighted by molar-refractivity contribution is 5.83. The number of benzene rings is 1. The van der Waals surface area contributed by atoms with Crippen molar-refractivity contribution < 1.29 is 9.59 Å². The highest BCUT2D eigenvalue weighted by Gasteiger charge is 2.36. The Hall–Kier alpha value is -2.39. The third-order valence-electron chi connectivity index (χ3n) is 5.32. The molecule has 0 bridgehead atoms. The molecule has 3 rings (SSSR count). The van der Waals surface area contributed by atoms with Crippen LogP contribution in [-0.2, 0) is 22.6 Å². The smallest absolute Gasteiger partial charge is 0.235 e. The zero-order valence-electron chi connectivity index (χ0n) is 14.3. The van der Waals surface area contributed by atoms with Gasteiger partial charge in [-0.3, -0.25) is 14.5 Å². The van der Waals surface area contributed by atoms with Crippen LogP contribution in [0.5, 0.6) is 0 Å². The summed E-state index contributed by atoms with van der Waals surface area (Å²) in [6.07, 6.45) is 4.91. The summed E-state index contributed by atoms with van der Waals surface area (Å²) in [6, 6.07) is 9.70. The Morgan fingerprint density at radius 1 is 1.24 bits per heavy atom. The Kier molecular flexibility index (Phi) is 5.05. The van der Waals surface area contributed by atoms with Crippen molar-refractivity contribution in [2.24, 2.45) is 5.73 Å². The number of carbonyl (C=O) groups excluding carboxylic acids is 2. The molecular formula is C19H24N4O2. The quantitative estimate of drug-likeness (QED) is 0.861. The lowest BCUT2D eigenvalue weighted by Gasteiger charge is -2.36. The molecule has 1 saturated carbocycles. The Balaban J connectivity index is 1.71. The Bertz CT molecular complexity index is 704. The van der Waals surface area contributed by atoms with Gasteiger partial charge in [0, 0.05) is 6.54 Å². The summed E-state index contributed by atoms with van der Waals surface area (Å²) in [4.78, 5) is 26.2. The third-order valence-corrected chi connectivity index (χ3v) is 5.32. The van der Waals surface area contributed by atoms with Crippen LogP contribution in [0, 0.1) is 11.3 Å². The Labute approximate surface area is 148 Å². The number of nitrogens with one attached hydrogen (secondary N) is 1. The van der Waals surface area contributed by atoms with Crippen molar-refractivity contribution in [1.82, 2.24) is 10.2 Å². The fraction of sp³-hybridized carbons (Fsp3) is 0.526. The first kappa shape index (κ1) is 17.4. The summed E-state index contributed by atoms with van der Waals surface area (Å²) < 4.78 is 0. The van der Waals surface area contributed by atoms with Crippen molar-refractivity contribution in [3.8, 4) is 6.07 Å². The molecular weight excluding hydrogens is 316 g/mol. The molecule has 0 unspecified atom stereocenters. The summed E-state index contributed by atoms with van der Waals surface area (Å²) in [7, 11) is 0. The van der Waals surface area contributed by atoms with Crippen LogP contribution in [0.15, 0.2) is 24.3 Å². The Morgan fingerprint density at radius 2 is 1.92 bits per heavy atom. The van der Waals surface area contributed by atoms with Crippen LogP contribution >= 0.6 is 0 Å². The molecule has 1 aliphatic carbocycles. The van der Waals surface area contributed by atoms with Gasteiger partial charge in [0.2, 0.25) is 11.8 Å². The molecule has 3 N–H and O–H groups in total. The summed E-state index contributed by atoms with van der Waals surface area (Å²) in [5.74, 6) is -0.635. The van der Waals surface area contributed by atoms with Gasteiger partial charge in [-0.25, -0.2) is 0 Å². The highest BCUT2D eigenvalue weighted by atomic mass is 16.2. The molecule has 0 spiro atoms. The third kappa shape index (κ3) is 3.83. The van der Waals surface area contributed by atoms with Gasteiger partial charge in [0.1, 0.15) is 5.54 Å². The molecule has 0 aromatic heterocycles. The van der Waals surface area contributed by atoms with Gasteiger partial charge in [0.25, 0.3) is 0 Å². The number of hydrogen-bond donors (Lipinski definition) is 2. The standard InChI is InChI=1S/C19H24N4O2/c20-13-19(8-4-1-5-9-19)22-17(24)12-23-11-15-7-3-2-6-14(15)10-16(23)18(21)25/h2-3,6-7,16H,1,4-5,8-12H2,(H2,21,25)(H,22,24)/t16-/m1/s1. The van der Waals surface area contributed by atoms with E-state index in [0.29, 0.717) is 25.8 Å². The second-order valence-corrected chi connectivity index (χ2v) is 7.10. The number of hydrogen-bond acceptors (Lipinski definition) is 4. The first-order valence-corrected chi connectivity index (χ1v) is 8.85. The average Bonchev–Trinajstić information content (AvgIpc) is 2.61. The van der Waals surface area contributed by atoms with Crippen molar-refractivity contribution in [2.75, 3.05) is 6.54 Å². The van der Waals surface area contributed by atoms with E-state index in [9.17, 15) is 14.9 Å². The predicted octanol–water partition coefficient (Wildman–Crippen LogP) is 1.24. The normalized spacial score (nSPS) is 22.4. The average molecular weight is 340 g/mol. The zero-order valence-corrected chi connectivity index (χ0v) is 14.3. The van der Waals surface area contributed by atoms with Crippen molar-refractivity contribution in [3.05, 3.63) is 35.4 Å². The van der Waals surface area contributed by atoms with Gasteiger partial charge >= 0.3 is 0 Å². The largest absolute Gasteiger partial charge is 0.368 e. The van der Waals surface area contributed by atoms with Crippen LogP contribution in [0.1, 0.15) is 43.2 Å². The van der Waals surface area contributed by atoms with Crippen molar-refractivity contribution in [3.63, 3.8) is 0 Å². The van der Waals surface area contributed by atoms with E-state index in [1.807, 2.05) is 29.2 Å². The number of fused-ring (bicyclic) bond motifs is 1. The van der Waals surface area contributed by atoms with Gasteiger partial charge in [-0.15, -0.1) is 0 Å². The predicted molar refractivity (Wildman–Crippen MR) is 93.1 cm³/mol. The fourth-order valence-corrected chi connectivity index (χ4v) is 3.93. The maximum Gasteiger partial charge on any atom is 0.235 e. The summed E-state index contributed by atoms with van der Waals surface area (Å²) >= 11 is 0. The topological polar surface area (TPSA) is 99.2 Å². The van der Waals surface area contributed by atoms with Crippen LogP contribution in [0.25, 0.3) is 0 Å². The molecule has 6 heteroatoms. The second-order valence-electron chi connectivity index (χ2n) is 7.10. The SMILES string of the molecule is N#CC1(NC(=O)CN2Cc3ccccc3C[C@@H]2C(N)=O)CCCCC1. The van der Waals surface area contributed by atoms with Crippen LogP contribution < -0.4 is 11.1 Å². The number of nitrogens with zero attached hydrogens (tertiary/aromatic N) is 2. The Morgan fingerprint density at radius 3 is 2.56 bits per heavy atom. The molecule has 1 heterocycles. The number of nitriles is 1. The molecule has 132 valence electrons.